The van der Waals surface area contributed by atoms with Gasteiger partial charge in [0.25, 0.3) is 5.91 Å². The van der Waals surface area contributed by atoms with Gasteiger partial charge in [-0.2, -0.15) is 0 Å². The molecule has 1 aromatic rings. The van der Waals surface area contributed by atoms with Crippen LogP contribution in [0.1, 0.15) is 48.5 Å². The zero-order chi connectivity index (χ0) is 14.5. The number of nitrogens with two attached hydrogens (primary N) is 1. The first-order valence-corrected chi connectivity index (χ1v) is 7.19. The van der Waals surface area contributed by atoms with Crippen molar-refractivity contribution in [3.8, 4) is 0 Å². The van der Waals surface area contributed by atoms with Gasteiger partial charge in [0.1, 0.15) is 5.82 Å². The molecule has 1 aliphatic carbocycles. The van der Waals surface area contributed by atoms with Crippen molar-refractivity contribution >= 4 is 5.91 Å². The van der Waals surface area contributed by atoms with E-state index in [1.54, 1.807) is 6.07 Å². The summed E-state index contributed by atoms with van der Waals surface area (Å²) in [6, 6.07) is 4.91. The van der Waals surface area contributed by atoms with Crippen molar-refractivity contribution in [3.05, 3.63) is 35.1 Å². The summed E-state index contributed by atoms with van der Waals surface area (Å²) in [4.78, 5) is 13.8. The highest BCUT2D eigenvalue weighted by Gasteiger charge is 2.22. The van der Waals surface area contributed by atoms with Crippen molar-refractivity contribution in [2.24, 2.45) is 5.84 Å². The minimum atomic E-state index is -0.393. The van der Waals surface area contributed by atoms with Gasteiger partial charge in [-0.05, 0) is 37.6 Å². The molecule has 0 bridgehead atoms. The summed E-state index contributed by atoms with van der Waals surface area (Å²) in [6.07, 6.45) is 4.86. The second kappa shape index (κ2) is 6.81. The van der Waals surface area contributed by atoms with E-state index >= 15 is 0 Å². The lowest BCUT2D eigenvalue weighted by atomic mass is 10.1. The van der Waals surface area contributed by atoms with Crippen LogP contribution in [0.5, 0.6) is 0 Å². The third-order valence-electron chi connectivity index (χ3n) is 4.06. The first kappa shape index (κ1) is 14.9. The normalized spacial score (nSPS) is 15.8. The number of nitrogens with zero attached hydrogens (tertiary/aromatic N) is 1. The van der Waals surface area contributed by atoms with Crippen LogP contribution in [0.15, 0.2) is 18.2 Å². The van der Waals surface area contributed by atoms with Crippen LogP contribution < -0.4 is 11.3 Å². The molecule has 0 saturated heterocycles. The molecule has 0 atom stereocenters. The van der Waals surface area contributed by atoms with Crippen molar-refractivity contribution in [2.45, 2.75) is 45.2 Å². The Morgan fingerprint density at radius 1 is 1.45 bits per heavy atom. The Morgan fingerprint density at radius 3 is 2.75 bits per heavy atom. The SMILES string of the molecule is CCN(Cc1cc(C(=O)NN)ccc1F)C1CCCC1. The molecule has 2 rings (SSSR count). The molecule has 0 unspecified atom stereocenters. The van der Waals surface area contributed by atoms with E-state index in [2.05, 4.69) is 17.2 Å². The van der Waals surface area contributed by atoms with E-state index in [9.17, 15) is 9.18 Å². The lowest BCUT2D eigenvalue weighted by Crippen LogP contribution is -2.33. The Balaban J connectivity index is 2.15. The molecule has 0 radical (unpaired) electrons. The molecule has 0 aromatic heterocycles. The Hall–Kier alpha value is -1.46. The van der Waals surface area contributed by atoms with Crippen LogP contribution in [0, 0.1) is 5.82 Å². The van der Waals surface area contributed by atoms with Gasteiger partial charge in [0.2, 0.25) is 0 Å². The van der Waals surface area contributed by atoms with Crippen LogP contribution in [0.2, 0.25) is 0 Å². The van der Waals surface area contributed by atoms with Crippen LogP contribution in [-0.2, 0) is 6.54 Å². The van der Waals surface area contributed by atoms with E-state index in [1.807, 2.05) is 0 Å². The van der Waals surface area contributed by atoms with Gasteiger partial charge < -0.3 is 0 Å². The first-order chi connectivity index (χ1) is 9.65. The van der Waals surface area contributed by atoms with E-state index in [1.165, 1.54) is 37.8 Å². The lowest BCUT2D eigenvalue weighted by Gasteiger charge is -2.27. The highest BCUT2D eigenvalue weighted by molar-refractivity contribution is 5.93. The van der Waals surface area contributed by atoms with Gasteiger partial charge in [0.05, 0.1) is 0 Å². The van der Waals surface area contributed by atoms with Crippen LogP contribution >= 0.6 is 0 Å². The van der Waals surface area contributed by atoms with E-state index in [0.29, 0.717) is 23.7 Å². The second-order valence-corrected chi connectivity index (χ2v) is 5.28. The molecule has 1 aromatic carbocycles. The van der Waals surface area contributed by atoms with Crippen molar-refractivity contribution in [3.63, 3.8) is 0 Å². The van der Waals surface area contributed by atoms with Crippen molar-refractivity contribution in [1.29, 1.82) is 0 Å². The number of rotatable bonds is 5. The molecular formula is C15H22FN3O. The molecule has 20 heavy (non-hydrogen) atoms. The number of carbonyl (C=O) groups excluding carboxylic acids is 1. The van der Waals surface area contributed by atoms with Gasteiger partial charge in [0, 0.05) is 23.7 Å². The number of carbonyl (C=O) groups is 1. The average molecular weight is 279 g/mol. The summed E-state index contributed by atoms with van der Waals surface area (Å²) in [7, 11) is 0. The summed E-state index contributed by atoms with van der Waals surface area (Å²) >= 11 is 0. The van der Waals surface area contributed by atoms with Crippen LogP contribution in [0.25, 0.3) is 0 Å². The first-order valence-electron chi connectivity index (χ1n) is 7.19. The number of halogens is 1. The highest BCUT2D eigenvalue weighted by Crippen LogP contribution is 2.25. The maximum absolute atomic E-state index is 13.9. The molecule has 0 aliphatic heterocycles. The number of hydrogen-bond donors (Lipinski definition) is 2. The van der Waals surface area contributed by atoms with Gasteiger partial charge in [-0.1, -0.05) is 19.8 Å². The largest absolute Gasteiger partial charge is 0.296 e. The van der Waals surface area contributed by atoms with Crippen LogP contribution in [0.3, 0.4) is 0 Å². The van der Waals surface area contributed by atoms with E-state index in [-0.39, 0.29) is 5.82 Å². The Morgan fingerprint density at radius 2 is 2.15 bits per heavy atom. The third-order valence-corrected chi connectivity index (χ3v) is 4.06. The van der Waals surface area contributed by atoms with Gasteiger partial charge in [-0.3, -0.25) is 15.1 Å². The molecule has 0 spiro atoms. The molecule has 110 valence electrons. The molecule has 1 saturated carbocycles. The van der Waals surface area contributed by atoms with Crippen LogP contribution in [-0.4, -0.2) is 23.4 Å². The van der Waals surface area contributed by atoms with Gasteiger partial charge >= 0.3 is 0 Å². The maximum Gasteiger partial charge on any atom is 0.265 e. The molecule has 1 aliphatic rings. The van der Waals surface area contributed by atoms with Gasteiger partial charge in [0.15, 0.2) is 0 Å². The predicted molar refractivity (Wildman–Crippen MR) is 76.4 cm³/mol. The molecule has 3 N–H and O–H groups in total. The standard InChI is InChI=1S/C15H22FN3O/c1-2-19(13-5-3-4-6-13)10-12-9-11(15(20)18-17)7-8-14(12)16/h7-9,13H,2-6,10,17H2,1H3,(H,18,20). The summed E-state index contributed by atoms with van der Waals surface area (Å²) < 4.78 is 13.9. The van der Waals surface area contributed by atoms with Crippen molar-refractivity contribution < 1.29 is 9.18 Å². The number of nitrogen functional groups attached to an aromatic ring is 1. The predicted octanol–water partition coefficient (Wildman–Crippen LogP) is 2.19. The fraction of sp³-hybridized carbons (Fsp3) is 0.533. The summed E-state index contributed by atoms with van der Waals surface area (Å²) in [5, 5.41) is 0. The third kappa shape index (κ3) is 3.35. The van der Waals surface area contributed by atoms with Gasteiger partial charge in [-0.25, -0.2) is 10.2 Å². The van der Waals surface area contributed by atoms with Crippen molar-refractivity contribution in [2.75, 3.05) is 6.54 Å². The van der Waals surface area contributed by atoms with Crippen LogP contribution in [0.4, 0.5) is 4.39 Å². The number of amides is 1. The Kier molecular flexibility index (Phi) is 5.09. The Labute approximate surface area is 119 Å². The smallest absolute Gasteiger partial charge is 0.265 e. The van der Waals surface area contributed by atoms with E-state index in [4.69, 9.17) is 5.84 Å². The minimum absolute atomic E-state index is 0.269. The minimum Gasteiger partial charge on any atom is -0.296 e. The monoisotopic (exact) mass is 279 g/mol. The number of hydrazine groups is 1. The molecule has 5 heteroatoms. The average Bonchev–Trinajstić information content (AvgIpc) is 2.99. The summed E-state index contributed by atoms with van der Waals surface area (Å²) in [5.41, 5.74) is 3.03. The Bertz CT molecular complexity index is 472. The fourth-order valence-electron chi connectivity index (χ4n) is 2.91. The highest BCUT2D eigenvalue weighted by atomic mass is 19.1. The quantitative estimate of drug-likeness (QED) is 0.493. The van der Waals surface area contributed by atoms with E-state index < -0.39 is 5.91 Å². The molecule has 4 nitrogen and oxygen atoms in total. The number of nitrogens with one attached hydrogen (secondary N) is 1. The molecule has 1 fully saturated rings. The summed E-state index contributed by atoms with van der Waals surface area (Å²) in [6.45, 7) is 3.52. The fourth-order valence-corrected chi connectivity index (χ4v) is 2.91. The topological polar surface area (TPSA) is 58.4 Å². The molecule has 1 amide bonds. The lowest BCUT2D eigenvalue weighted by molar-refractivity contribution is 0.0953. The second-order valence-electron chi connectivity index (χ2n) is 5.28. The number of hydrogen-bond acceptors (Lipinski definition) is 3. The molecular weight excluding hydrogens is 257 g/mol. The van der Waals surface area contributed by atoms with E-state index in [0.717, 1.165) is 6.54 Å². The van der Waals surface area contributed by atoms with Crippen molar-refractivity contribution in [1.82, 2.24) is 10.3 Å². The molecule has 0 heterocycles. The summed E-state index contributed by atoms with van der Waals surface area (Å²) in [5.74, 6) is 4.45. The zero-order valence-corrected chi connectivity index (χ0v) is 11.9. The van der Waals surface area contributed by atoms with Gasteiger partial charge in [-0.15, -0.1) is 0 Å². The number of benzene rings is 1. The zero-order valence-electron chi connectivity index (χ0n) is 11.9. The maximum atomic E-state index is 13.9.